The number of likely N-dealkylation sites (N-methyl/N-ethyl adjacent to an activating group) is 1. The summed E-state index contributed by atoms with van der Waals surface area (Å²) < 4.78 is 36.0. The van der Waals surface area contributed by atoms with Crippen molar-refractivity contribution < 1.29 is 27.5 Å². The Kier molecular flexibility index (Phi) is 7.74. The maximum atomic E-state index is 12.6. The largest absolute Gasteiger partial charge is 0.497 e. The number of benzene rings is 2. The van der Waals surface area contributed by atoms with E-state index in [1.165, 1.54) is 26.3 Å². The van der Waals surface area contributed by atoms with Crippen LogP contribution in [0.4, 0.5) is 5.69 Å². The van der Waals surface area contributed by atoms with Crippen molar-refractivity contribution in [2.24, 2.45) is 0 Å². The Morgan fingerprint density at radius 1 is 1.03 bits per heavy atom. The average Bonchev–Trinajstić information content (AvgIpc) is 2.69. The number of carbonyl (C=O) groups excluding carboxylic acids is 2. The van der Waals surface area contributed by atoms with Gasteiger partial charge in [0.25, 0.3) is 0 Å². The Morgan fingerprint density at radius 2 is 1.66 bits per heavy atom. The first-order valence-electron chi connectivity index (χ1n) is 8.91. The van der Waals surface area contributed by atoms with Gasteiger partial charge in [-0.3, -0.25) is 9.59 Å². The van der Waals surface area contributed by atoms with Crippen molar-refractivity contribution in [3.8, 4) is 5.75 Å². The molecular formula is C20H24N2O6S. The van der Waals surface area contributed by atoms with E-state index in [1.54, 1.807) is 43.3 Å². The second kappa shape index (κ2) is 10.0. The van der Waals surface area contributed by atoms with Gasteiger partial charge in [-0.1, -0.05) is 12.1 Å². The zero-order valence-corrected chi connectivity index (χ0v) is 17.4. The molecule has 0 spiro atoms. The van der Waals surface area contributed by atoms with Gasteiger partial charge in [-0.05, 0) is 48.9 Å². The molecule has 0 radical (unpaired) electrons. The first-order chi connectivity index (χ1) is 13.8. The summed E-state index contributed by atoms with van der Waals surface area (Å²) in [5, 5.41) is 2.64. The van der Waals surface area contributed by atoms with Gasteiger partial charge in [-0.15, -0.1) is 0 Å². The fourth-order valence-corrected chi connectivity index (χ4v) is 3.63. The molecular weight excluding hydrogens is 396 g/mol. The molecule has 0 atom stereocenters. The minimum Gasteiger partial charge on any atom is -0.497 e. The van der Waals surface area contributed by atoms with E-state index in [2.05, 4.69) is 5.32 Å². The molecule has 0 fully saturated rings. The summed E-state index contributed by atoms with van der Waals surface area (Å²) in [6.07, 6.45) is 0.144. The SMILES string of the molecule is CCOC(=O)Cc1ccc(NC(=O)CN(C)S(=O)(=O)c2ccc(OC)cc2)cc1. The molecule has 0 aliphatic heterocycles. The van der Waals surface area contributed by atoms with Gasteiger partial charge in [0.05, 0.1) is 31.6 Å². The van der Waals surface area contributed by atoms with Crippen LogP contribution in [0.1, 0.15) is 12.5 Å². The van der Waals surface area contributed by atoms with E-state index in [0.29, 0.717) is 18.0 Å². The van der Waals surface area contributed by atoms with E-state index in [-0.39, 0.29) is 23.8 Å². The van der Waals surface area contributed by atoms with E-state index in [9.17, 15) is 18.0 Å². The maximum absolute atomic E-state index is 12.6. The number of carbonyl (C=O) groups is 2. The van der Waals surface area contributed by atoms with Crippen LogP contribution in [0.15, 0.2) is 53.4 Å². The zero-order chi connectivity index (χ0) is 21.4. The highest BCUT2D eigenvalue weighted by Gasteiger charge is 2.23. The Hall–Kier alpha value is -2.91. The third-order valence-corrected chi connectivity index (χ3v) is 5.84. The Bertz CT molecular complexity index is 940. The number of methoxy groups -OCH3 is 1. The van der Waals surface area contributed by atoms with Crippen LogP contribution in [0, 0.1) is 0 Å². The number of nitrogens with zero attached hydrogens (tertiary/aromatic N) is 1. The molecule has 1 N–H and O–H groups in total. The van der Waals surface area contributed by atoms with E-state index in [0.717, 1.165) is 9.87 Å². The molecule has 0 aromatic heterocycles. The highest BCUT2D eigenvalue weighted by Crippen LogP contribution is 2.18. The average molecular weight is 420 g/mol. The van der Waals surface area contributed by atoms with Crippen molar-refractivity contribution in [2.75, 3.05) is 32.6 Å². The highest BCUT2D eigenvalue weighted by molar-refractivity contribution is 7.89. The van der Waals surface area contributed by atoms with Crippen LogP contribution in [0.3, 0.4) is 0 Å². The van der Waals surface area contributed by atoms with Gasteiger partial charge in [-0.25, -0.2) is 8.42 Å². The van der Waals surface area contributed by atoms with Gasteiger partial charge < -0.3 is 14.8 Å². The second-order valence-electron chi connectivity index (χ2n) is 6.16. The summed E-state index contributed by atoms with van der Waals surface area (Å²) in [5.41, 5.74) is 1.25. The normalized spacial score (nSPS) is 11.2. The number of hydrogen-bond donors (Lipinski definition) is 1. The quantitative estimate of drug-likeness (QED) is 0.623. The summed E-state index contributed by atoms with van der Waals surface area (Å²) in [5.74, 6) is -0.270. The molecule has 0 aliphatic carbocycles. The summed E-state index contributed by atoms with van der Waals surface area (Å²) >= 11 is 0. The van der Waals surface area contributed by atoms with Gasteiger partial charge in [0.1, 0.15) is 5.75 Å². The van der Waals surface area contributed by atoms with Crippen LogP contribution < -0.4 is 10.1 Å². The molecule has 0 saturated heterocycles. The van der Waals surface area contributed by atoms with E-state index in [1.807, 2.05) is 0 Å². The van der Waals surface area contributed by atoms with Gasteiger partial charge in [0, 0.05) is 12.7 Å². The van der Waals surface area contributed by atoms with Gasteiger partial charge in [0.2, 0.25) is 15.9 Å². The summed E-state index contributed by atoms with van der Waals surface area (Å²) in [4.78, 5) is 23.8. The molecule has 2 aromatic rings. The van der Waals surface area contributed by atoms with Gasteiger partial charge in [0.15, 0.2) is 0 Å². The summed E-state index contributed by atoms with van der Waals surface area (Å²) in [7, 11) is -0.987. The van der Waals surface area contributed by atoms with Crippen LogP contribution in [0.25, 0.3) is 0 Å². The van der Waals surface area contributed by atoms with Crippen LogP contribution in [-0.4, -0.2) is 51.9 Å². The first-order valence-corrected chi connectivity index (χ1v) is 10.3. The molecule has 0 saturated carbocycles. The highest BCUT2D eigenvalue weighted by atomic mass is 32.2. The predicted molar refractivity (Wildman–Crippen MR) is 108 cm³/mol. The summed E-state index contributed by atoms with van der Waals surface area (Å²) in [6, 6.07) is 12.6. The van der Waals surface area contributed by atoms with Crippen molar-refractivity contribution in [1.29, 1.82) is 0 Å². The zero-order valence-electron chi connectivity index (χ0n) is 16.5. The topological polar surface area (TPSA) is 102 Å². The number of ether oxygens (including phenoxy) is 2. The number of hydrogen-bond acceptors (Lipinski definition) is 6. The predicted octanol–water partition coefficient (Wildman–Crippen LogP) is 2.06. The molecule has 8 nitrogen and oxygen atoms in total. The molecule has 1 amide bonds. The molecule has 0 aliphatic rings. The fraction of sp³-hybridized carbons (Fsp3) is 0.300. The lowest BCUT2D eigenvalue weighted by atomic mass is 10.1. The molecule has 0 bridgehead atoms. The third-order valence-electron chi connectivity index (χ3n) is 4.03. The van der Waals surface area contributed by atoms with Crippen molar-refractivity contribution in [3.05, 3.63) is 54.1 Å². The van der Waals surface area contributed by atoms with E-state index < -0.39 is 15.9 Å². The second-order valence-corrected chi connectivity index (χ2v) is 8.21. The van der Waals surface area contributed by atoms with Gasteiger partial charge >= 0.3 is 5.97 Å². The first kappa shape index (κ1) is 22.4. The van der Waals surface area contributed by atoms with Gasteiger partial charge in [-0.2, -0.15) is 4.31 Å². The molecule has 2 rings (SSSR count). The van der Waals surface area contributed by atoms with E-state index >= 15 is 0 Å². The minimum absolute atomic E-state index is 0.0666. The molecule has 0 unspecified atom stereocenters. The van der Waals surface area contributed by atoms with Crippen molar-refractivity contribution in [3.63, 3.8) is 0 Å². The van der Waals surface area contributed by atoms with Crippen molar-refractivity contribution >= 4 is 27.6 Å². The van der Waals surface area contributed by atoms with E-state index in [4.69, 9.17) is 9.47 Å². The van der Waals surface area contributed by atoms with Crippen LogP contribution in [0.2, 0.25) is 0 Å². The number of sulfonamides is 1. The van der Waals surface area contributed by atoms with Crippen LogP contribution in [0.5, 0.6) is 5.75 Å². The summed E-state index contributed by atoms with van der Waals surface area (Å²) in [6.45, 7) is 1.71. The maximum Gasteiger partial charge on any atom is 0.310 e. The lowest BCUT2D eigenvalue weighted by Crippen LogP contribution is -2.34. The third kappa shape index (κ3) is 6.30. The number of amides is 1. The number of nitrogens with one attached hydrogen (secondary N) is 1. The molecule has 0 heterocycles. The monoisotopic (exact) mass is 420 g/mol. The van der Waals surface area contributed by atoms with Crippen LogP contribution >= 0.6 is 0 Å². The number of rotatable bonds is 9. The minimum atomic E-state index is -3.81. The lowest BCUT2D eigenvalue weighted by molar-refractivity contribution is -0.142. The Morgan fingerprint density at radius 3 is 2.21 bits per heavy atom. The molecule has 156 valence electrons. The number of anilines is 1. The number of esters is 1. The fourth-order valence-electron chi connectivity index (χ4n) is 2.50. The lowest BCUT2D eigenvalue weighted by Gasteiger charge is -2.17. The smallest absolute Gasteiger partial charge is 0.310 e. The molecule has 2 aromatic carbocycles. The molecule has 9 heteroatoms. The Balaban J connectivity index is 1.96. The van der Waals surface area contributed by atoms with Crippen molar-refractivity contribution in [2.45, 2.75) is 18.2 Å². The van der Waals surface area contributed by atoms with Crippen molar-refractivity contribution in [1.82, 2.24) is 4.31 Å². The Labute approximate surface area is 170 Å². The standard InChI is InChI=1S/C20H24N2O6S/c1-4-28-20(24)13-15-5-7-16(8-6-15)21-19(23)14-22(2)29(25,26)18-11-9-17(27-3)10-12-18/h5-12H,4,13-14H2,1-3H3,(H,21,23). The van der Waals surface area contributed by atoms with Crippen LogP contribution in [-0.2, 0) is 30.8 Å². The molecule has 29 heavy (non-hydrogen) atoms.